The lowest BCUT2D eigenvalue weighted by atomic mass is 10.4. The summed E-state index contributed by atoms with van der Waals surface area (Å²) in [5, 5.41) is 0. The smallest absolute Gasteiger partial charge is 0.189 e. The van der Waals surface area contributed by atoms with Crippen LogP contribution in [0.2, 0.25) is 0 Å². The Hall–Kier alpha value is -0.350. The van der Waals surface area contributed by atoms with E-state index in [-0.39, 0.29) is 5.78 Å². The molecule has 0 fully saturated rings. The Morgan fingerprint density at radius 2 is 2.86 bits per heavy atom. The van der Waals surface area contributed by atoms with E-state index < -0.39 is 0 Å². The first-order chi connectivity index (χ1) is 3.39. The normalized spacial score (nSPS) is 20.3. The number of ketones is 1. The van der Waals surface area contributed by atoms with Crippen LogP contribution in [0.25, 0.3) is 0 Å². The summed E-state index contributed by atoms with van der Waals surface area (Å²) in [7, 11) is 0. The number of nitrogens with one attached hydrogen (secondary N) is 1. The molecule has 0 aliphatic carbocycles. The molecule has 0 saturated carbocycles. The summed E-state index contributed by atoms with van der Waals surface area (Å²) in [6.45, 7) is 0.411. The van der Waals surface area contributed by atoms with Crippen LogP contribution in [0.4, 0.5) is 0 Å². The number of carbonyl (C=O) groups excluding carboxylic acids is 1. The van der Waals surface area contributed by atoms with Crippen molar-refractivity contribution < 1.29 is 4.79 Å². The molecule has 0 saturated heterocycles. The third-order valence-corrected chi connectivity index (χ3v) is 1.04. The predicted molar refractivity (Wildman–Crippen MR) is 29.1 cm³/mol. The summed E-state index contributed by atoms with van der Waals surface area (Å²) in [5.41, 5.74) is 0. The van der Waals surface area contributed by atoms with Crippen molar-refractivity contribution in [2.24, 2.45) is 4.40 Å². The molecule has 7 heavy (non-hydrogen) atoms. The van der Waals surface area contributed by atoms with Crippen LogP contribution in [0.3, 0.4) is 0 Å². The molecule has 0 atom stereocenters. The SMILES string of the molecule is O=C1C=NSNC1. The Morgan fingerprint density at radius 3 is 3.14 bits per heavy atom. The van der Waals surface area contributed by atoms with Gasteiger partial charge in [-0.15, -0.1) is 0 Å². The lowest BCUT2D eigenvalue weighted by Gasteiger charge is -1.98. The van der Waals surface area contributed by atoms with Gasteiger partial charge in [-0.2, -0.15) is 0 Å². The number of rotatable bonds is 0. The van der Waals surface area contributed by atoms with E-state index in [0.29, 0.717) is 6.54 Å². The molecule has 38 valence electrons. The first-order valence-electron chi connectivity index (χ1n) is 1.84. The van der Waals surface area contributed by atoms with Crippen LogP contribution in [0.1, 0.15) is 0 Å². The maximum absolute atomic E-state index is 10.2. The van der Waals surface area contributed by atoms with Crippen LogP contribution in [-0.4, -0.2) is 18.5 Å². The summed E-state index contributed by atoms with van der Waals surface area (Å²) in [6.07, 6.45) is 1.32. The third-order valence-electron chi connectivity index (χ3n) is 0.560. The fourth-order valence-corrected chi connectivity index (χ4v) is 0.723. The van der Waals surface area contributed by atoms with Crippen LogP contribution in [-0.2, 0) is 4.79 Å². The quantitative estimate of drug-likeness (QED) is 0.445. The maximum atomic E-state index is 10.2. The summed E-state index contributed by atoms with van der Waals surface area (Å²) < 4.78 is 6.29. The molecule has 0 unspecified atom stereocenters. The molecule has 1 heterocycles. The lowest BCUT2D eigenvalue weighted by molar-refractivity contribution is -0.111. The molecule has 0 aromatic carbocycles. The highest BCUT2D eigenvalue weighted by Gasteiger charge is 1.99. The van der Waals surface area contributed by atoms with Crippen molar-refractivity contribution in [3.05, 3.63) is 0 Å². The minimum atomic E-state index is 0.0405. The van der Waals surface area contributed by atoms with Crippen molar-refractivity contribution >= 4 is 24.1 Å². The summed E-state index contributed by atoms with van der Waals surface area (Å²) in [6, 6.07) is 0. The summed E-state index contributed by atoms with van der Waals surface area (Å²) >= 11 is 1.20. The van der Waals surface area contributed by atoms with Gasteiger partial charge in [0.25, 0.3) is 0 Å². The van der Waals surface area contributed by atoms with Gasteiger partial charge in [0.1, 0.15) is 0 Å². The highest BCUT2D eigenvalue weighted by atomic mass is 32.2. The zero-order valence-corrected chi connectivity index (χ0v) is 4.36. The van der Waals surface area contributed by atoms with E-state index in [1.165, 1.54) is 18.3 Å². The van der Waals surface area contributed by atoms with Crippen molar-refractivity contribution in [3.8, 4) is 0 Å². The molecular formula is C3H4N2OS. The third kappa shape index (κ3) is 1.29. The molecule has 1 N–H and O–H groups in total. The van der Waals surface area contributed by atoms with Gasteiger partial charge in [-0.05, 0) is 0 Å². The molecule has 0 amide bonds. The average molecular weight is 116 g/mol. The molecule has 4 heteroatoms. The lowest BCUT2D eigenvalue weighted by Crippen LogP contribution is -2.20. The van der Waals surface area contributed by atoms with E-state index in [2.05, 4.69) is 9.12 Å². The molecule has 1 aliphatic heterocycles. The van der Waals surface area contributed by atoms with Crippen LogP contribution >= 0.6 is 12.1 Å². The first kappa shape index (κ1) is 4.80. The Labute approximate surface area is 45.5 Å². The first-order valence-corrected chi connectivity index (χ1v) is 2.62. The molecule has 1 rings (SSSR count). The van der Waals surface area contributed by atoms with E-state index in [1.807, 2.05) is 0 Å². The maximum Gasteiger partial charge on any atom is 0.189 e. The van der Waals surface area contributed by atoms with Gasteiger partial charge in [0.15, 0.2) is 5.78 Å². The van der Waals surface area contributed by atoms with E-state index >= 15 is 0 Å². The van der Waals surface area contributed by atoms with Crippen LogP contribution < -0.4 is 4.72 Å². The largest absolute Gasteiger partial charge is 0.292 e. The van der Waals surface area contributed by atoms with Gasteiger partial charge in [0, 0.05) is 0 Å². The van der Waals surface area contributed by atoms with Gasteiger partial charge in [-0.25, -0.2) is 9.12 Å². The number of hydrogen-bond acceptors (Lipinski definition) is 4. The monoisotopic (exact) mass is 116 g/mol. The van der Waals surface area contributed by atoms with Crippen molar-refractivity contribution in [3.63, 3.8) is 0 Å². The van der Waals surface area contributed by atoms with Crippen LogP contribution in [0, 0.1) is 0 Å². The van der Waals surface area contributed by atoms with Gasteiger partial charge >= 0.3 is 0 Å². The molecular weight excluding hydrogens is 112 g/mol. The van der Waals surface area contributed by atoms with Gasteiger partial charge in [-0.1, -0.05) is 0 Å². The van der Waals surface area contributed by atoms with Crippen molar-refractivity contribution in [2.75, 3.05) is 6.54 Å². The second kappa shape index (κ2) is 2.09. The van der Waals surface area contributed by atoms with Crippen molar-refractivity contribution in [2.45, 2.75) is 0 Å². The highest BCUT2D eigenvalue weighted by molar-refractivity contribution is 7.96. The molecule has 0 spiro atoms. The van der Waals surface area contributed by atoms with Crippen molar-refractivity contribution in [1.82, 2.24) is 4.72 Å². The van der Waals surface area contributed by atoms with Crippen LogP contribution in [0.5, 0.6) is 0 Å². The molecule has 0 aromatic rings. The Morgan fingerprint density at radius 1 is 2.00 bits per heavy atom. The van der Waals surface area contributed by atoms with E-state index in [9.17, 15) is 4.79 Å². The fourth-order valence-electron chi connectivity index (χ4n) is 0.271. The number of nitrogens with zero attached hydrogens (tertiary/aromatic N) is 1. The second-order valence-electron chi connectivity index (χ2n) is 1.11. The molecule has 0 bridgehead atoms. The number of Topliss-reactive ketones (excluding diaryl/α,β-unsaturated/α-hetero) is 1. The minimum absolute atomic E-state index is 0.0405. The number of carbonyl (C=O) groups is 1. The summed E-state index contributed by atoms with van der Waals surface area (Å²) in [4.78, 5) is 10.2. The summed E-state index contributed by atoms with van der Waals surface area (Å²) in [5.74, 6) is 0.0405. The standard InChI is InChI=1S/C3H4N2OS/c6-3-1-4-7-5-2-3/h1,5H,2H2. The minimum Gasteiger partial charge on any atom is -0.292 e. The Kier molecular flexibility index (Phi) is 1.43. The highest BCUT2D eigenvalue weighted by Crippen LogP contribution is 1.95. The van der Waals surface area contributed by atoms with E-state index in [4.69, 9.17) is 0 Å². The fraction of sp³-hybridized carbons (Fsp3) is 0.333. The molecule has 3 nitrogen and oxygen atoms in total. The van der Waals surface area contributed by atoms with Gasteiger partial charge in [0.05, 0.1) is 24.9 Å². The van der Waals surface area contributed by atoms with Gasteiger partial charge in [0.2, 0.25) is 0 Å². The topological polar surface area (TPSA) is 41.5 Å². The molecule has 1 aliphatic rings. The van der Waals surface area contributed by atoms with Crippen molar-refractivity contribution in [1.29, 1.82) is 0 Å². The predicted octanol–water partition coefficient (Wildman–Crippen LogP) is -0.207. The number of hydrogen-bond donors (Lipinski definition) is 1. The second-order valence-corrected chi connectivity index (χ2v) is 1.80. The van der Waals surface area contributed by atoms with Crippen LogP contribution in [0.15, 0.2) is 4.40 Å². The Bertz CT molecular complexity index is 112. The Balaban J connectivity index is 2.51. The average Bonchev–Trinajstić information content (AvgIpc) is 1.69. The van der Waals surface area contributed by atoms with E-state index in [0.717, 1.165) is 0 Å². The zero-order chi connectivity index (χ0) is 5.11. The van der Waals surface area contributed by atoms with Gasteiger partial charge in [-0.3, -0.25) is 4.79 Å². The molecule has 0 aromatic heterocycles. The zero-order valence-electron chi connectivity index (χ0n) is 3.55. The van der Waals surface area contributed by atoms with E-state index in [1.54, 1.807) is 0 Å². The van der Waals surface area contributed by atoms with Gasteiger partial charge < -0.3 is 0 Å². The molecule has 0 radical (unpaired) electrons.